The topological polar surface area (TPSA) is 52.6 Å². The number of hydrogen-bond donors (Lipinski definition) is 0. The smallest absolute Gasteiger partial charge is 0.497 e. The van der Waals surface area contributed by atoms with Gasteiger partial charge >= 0.3 is 15.6 Å². The lowest BCUT2D eigenvalue weighted by molar-refractivity contribution is -0.0495. The molecule has 0 saturated heterocycles. The van der Waals surface area contributed by atoms with Crippen molar-refractivity contribution in [1.29, 1.82) is 0 Å². The van der Waals surface area contributed by atoms with Crippen LogP contribution in [0.15, 0.2) is 29.2 Å². The lowest BCUT2D eigenvalue weighted by Gasteiger charge is -2.30. The standard InChI is InChI=1S/C10H13F3O4S2/c1-16-8-4-6-9(7-5-8)18(2,3)17-19(14,15)10(11,12)13/h4-7H,1-3H3. The van der Waals surface area contributed by atoms with Crippen LogP contribution in [0.25, 0.3) is 0 Å². The van der Waals surface area contributed by atoms with Crippen molar-refractivity contribution in [1.82, 2.24) is 0 Å². The zero-order valence-corrected chi connectivity index (χ0v) is 12.0. The van der Waals surface area contributed by atoms with Crippen molar-refractivity contribution in [3.05, 3.63) is 24.3 Å². The van der Waals surface area contributed by atoms with Crippen LogP contribution in [0.1, 0.15) is 0 Å². The molecule has 0 heterocycles. The van der Waals surface area contributed by atoms with Crippen molar-refractivity contribution < 1.29 is 30.0 Å². The molecular weight excluding hydrogens is 305 g/mol. The minimum Gasteiger partial charge on any atom is -0.497 e. The number of hydrogen-bond acceptors (Lipinski definition) is 4. The van der Waals surface area contributed by atoms with E-state index in [2.05, 4.69) is 3.63 Å². The van der Waals surface area contributed by atoms with Crippen LogP contribution in [-0.4, -0.2) is 33.5 Å². The van der Waals surface area contributed by atoms with Gasteiger partial charge in [-0.05, 0) is 36.8 Å². The van der Waals surface area contributed by atoms with E-state index in [4.69, 9.17) is 4.74 Å². The molecule has 0 saturated carbocycles. The van der Waals surface area contributed by atoms with Crippen molar-refractivity contribution in [2.45, 2.75) is 10.4 Å². The molecule has 0 spiro atoms. The van der Waals surface area contributed by atoms with E-state index in [-0.39, 0.29) is 0 Å². The minimum absolute atomic E-state index is 0.362. The van der Waals surface area contributed by atoms with Crippen LogP contribution in [0.2, 0.25) is 0 Å². The fraction of sp³-hybridized carbons (Fsp3) is 0.400. The SMILES string of the molecule is COc1ccc(S(C)(C)OS(=O)(=O)C(F)(F)F)cc1. The summed E-state index contributed by atoms with van der Waals surface area (Å²) in [6.07, 6.45) is 2.64. The largest absolute Gasteiger partial charge is 0.523 e. The molecule has 4 nitrogen and oxygen atoms in total. The monoisotopic (exact) mass is 318 g/mol. The van der Waals surface area contributed by atoms with Gasteiger partial charge in [0.15, 0.2) is 0 Å². The molecule has 0 atom stereocenters. The molecule has 0 aliphatic heterocycles. The average molecular weight is 318 g/mol. The van der Waals surface area contributed by atoms with Gasteiger partial charge in [-0.2, -0.15) is 21.6 Å². The molecule has 0 N–H and O–H groups in total. The van der Waals surface area contributed by atoms with E-state index >= 15 is 0 Å². The highest BCUT2D eigenvalue weighted by molar-refractivity contribution is 8.32. The Morgan fingerprint density at radius 1 is 1.05 bits per heavy atom. The van der Waals surface area contributed by atoms with E-state index in [0.29, 0.717) is 10.6 Å². The second-order valence-corrected chi connectivity index (χ2v) is 8.73. The predicted molar refractivity (Wildman–Crippen MR) is 66.8 cm³/mol. The first kappa shape index (κ1) is 16.1. The third kappa shape index (κ3) is 3.77. The summed E-state index contributed by atoms with van der Waals surface area (Å²) in [6.45, 7) is 0. The zero-order chi connectivity index (χ0) is 14.9. The van der Waals surface area contributed by atoms with E-state index in [9.17, 15) is 21.6 Å². The van der Waals surface area contributed by atoms with E-state index in [1.165, 1.54) is 43.9 Å². The molecule has 9 heteroatoms. The number of halogens is 3. The summed E-state index contributed by atoms with van der Waals surface area (Å²) in [7, 11) is -6.76. The first-order chi connectivity index (χ1) is 8.49. The molecule has 19 heavy (non-hydrogen) atoms. The number of methoxy groups -OCH3 is 1. The number of rotatable bonds is 4. The summed E-state index contributed by atoms with van der Waals surface area (Å²) in [5.74, 6) is 0.512. The first-order valence-electron chi connectivity index (χ1n) is 4.89. The Morgan fingerprint density at radius 2 is 1.53 bits per heavy atom. The van der Waals surface area contributed by atoms with Crippen molar-refractivity contribution in [2.24, 2.45) is 0 Å². The third-order valence-electron chi connectivity index (χ3n) is 2.17. The van der Waals surface area contributed by atoms with Crippen LogP contribution in [0, 0.1) is 0 Å². The third-order valence-corrected chi connectivity index (χ3v) is 6.22. The Morgan fingerprint density at radius 3 is 1.89 bits per heavy atom. The number of alkyl halides is 3. The van der Waals surface area contributed by atoms with Gasteiger partial charge in [-0.15, -0.1) is 0 Å². The Bertz CT molecular complexity index is 535. The quantitative estimate of drug-likeness (QED) is 0.801. The molecular formula is C10H13F3O4S2. The summed E-state index contributed by atoms with van der Waals surface area (Å²) >= 11 is 0. The highest BCUT2D eigenvalue weighted by Gasteiger charge is 2.49. The van der Waals surface area contributed by atoms with Crippen LogP contribution in [0.4, 0.5) is 13.2 Å². The Kier molecular flexibility index (Phi) is 4.43. The van der Waals surface area contributed by atoms with Gasteiger partial charge in [0, 0.05) is 4.90 Å². The molecule has 1 aromatic carbocycles. The highest BCUT2D eigenvalue weighted by atomic mass is 32.3. The number of benzene rings is 1. The van der Waals surface area contributed by atoms with Crippen molar-refractivity contribution >= 4 is 20.4 Å². The molecule has 1 aromatic rings. The second kappa shape index (κ2) is 5.22. The van der Waals surface area contributed by atoms with Crippen molar-refractivity contribution in [3.8, 4) is 5.75 Å². The Hall–Kier alpha value is -0.930. The van der Waals surface area contributed by atoms with Gasteiger partial charge in [0.2, 0.25) is 0 Å². The van der Waals surface area contributed by atoms with Gasteiger partial charge in [0.05, 0.1) is 7.11 Å². The maximum atomic E-state index is 12.3. The molecule has 0 unspecified atom stereocenters. The van der Waals surface area contributed by atoms with Crippen molar-refractivity contribution in [2.75, 3.05) is 19.6 Å². The Labute approximate surface area is 111 Å². The molecule has 0 aliphatic carbocycles. The van der Waals surface area contributed by atoms with Crippen LogP contribution >= 0.6 is 10.3 Å². The predicted octanol–water partition coefficient (Wildman–Crippen LogP) is 2.90. The average Bonchev–Trinajstić information content (AvgIpc) is 2.26. The van der Waals surface area contributed by atoms with Crippen LogP contribution < -0.4 is 4.74 Å². The van der Waals surface area contributed by atoms with E-state index in [0.717, 1.165) is 0 Å². The molecule has 0 fully saturated rings. The molecule has 110 valence electrons. The van der Waals surface area contributed by atoms with Gasteiger partial charge in [-0.25, -0.2) is 3.63 Å². The van der Waals surface area contributed by atoms with Crippen LogP contribution in [0.5, 0.6) is 5.75 Å². The van der Waals surface area contributed by atoms with Crippen molar-refractivity contribution in [3.63, 3.8) is 0 Å². The number of ether oxygens (including phenoxy) is 1. The second-order valence-electron chi connectivity index (χ2n) is 3.88. The lowest BCUT2D eigenvalue weighted by atomic mass is 10.3. The lowest BCUT2D eigenvalue weighted by Crippen LogP contribution is -2.26. The van der Waals surface area contributed by atoms with Gasteiger partial charge in [-0.1, -0.05) is 10.3 Å². The highest BCUT2D eigenvalue weighted by Crippen LogP contribution is 2.53. The summed E-state index contributed by atoms with van der Waals surface area (Å²) in [6, 6.07) is 5.99. The molecule has 0 amide bonds. The van der Waals surface area contributed by atoms with Crippen LogP contribution in [-0.2, 0) is 13.7 Å². The van der Waals surface area contributed by atoms with Gasteiger partial charge in [-0.3, -0.25) is 0 Å². The van der Waals surface area contributed by atoms with E-state index < -0.39 is 25.9 Å². The summed E-state index contributed by atoms with van der Waals surface area (Å²) in [4.78, 5) is 0.362. The van der Waals surface area contributed by atoms with Crippen LogP contribution in [0.3, 0.4) is 0 Å². The van der Waals surface area contributed by atoms with Gasteiger partial charge in [0.1, 0.15) is 5.75 Å². The summed E-state index contributed by atoms with van der Waals surface area (Å²) in [5, 5.41) is 0. The zero-order valence-electron chi connectivity index (χ0n) is 10.4. The fourth-order valence-corrected chi connectivity index (χ4v) is 4.41. The molecule has 0 bridgehead atoms. The fourth-order valence-electron chi connectivity index (χ4n) is 1.21. The molecule has 0 aromatic heterocycles. The molecule has 0 aliphatic rings. The van der Waals surface area contributed by atoms with E-state index in [1.54, 1.807) is 0 Å². The summed E-state index contributed by atoms with van der Waals surface area (Å²) in [5.41, 5.74) is -5.43. The Balaban J connectivity index is 3.04. The normalized spacial score (nSPS) is 14.2. The molecule has 1 rings (SSSR count). The van der Waals surface area contributed by atoms with E-state index in [1.807, 2.05) is 0 Å². The van der Waals surface area contributed by atoms with Gasteiger partial charge in [0.25, 0.3) is 0 Å². The van der Waals surface area contributed by atoms with Gasteiger partial charge < -0.3 is 4.74 Å². The first-order valence-corrected chi connectivity index (χ1v) is 8.67. The maximum absolute atomic E-state index is 12.3. The summed E-state index contributed by atoms with van der Waals surface area (Å²) < 4.78 is 68.1. The maximum Gasteiger partial charge on any atom is 0.523 e. The molecule has 0 radical (unpaired) electrons. The minimum atomic E-state index is -5.61.